The van der Waals surface area contributed by atoms with Crippen LogP contribution >= 0.6 is 22.9 Å². The summed E-state index contributed by atoms with van der Waals surface area (Å²) in [6.07, 6.45) is 0. The summed E-state index contributed by atoms with van der Waals surface area (Å²) in [4.78, 5) is 23.8. The molecule has 3 rings (SSSR count). The van der Waals surface area contributed by atoms with Gasteiger partial charge in [0, 0.05) is 10.4 Å². The lowest BCUT2D eigenvalue weighted by Gasteiger charge is -2.03. The van der Waals surface area contributed by atoms with Crippen LogP contribution in [0.25, 0.3) is 10.1 Å². The highest BCUT2D eigenvalue weighted by molar-refractivity contribution is 7.20. The topological polar surface area (TPSA) is 92.2 Å². The van der Waals surface area contributed by atoms with Crippen LogP contribution in [0.15, 0.2) is 24.3 Å². The summed E-state index contributed by atoms with van der Waals surface area (Å²) < 4.78 is 4.59. The van der Waals surface area contributed by atoms with E-state index >= 15 is 0 Å². The number of aromatic carboxylic acids is 1. The molecule has 21 heavy (non-hydrogen) atoms. The second-order valence-electron chi connectivity index (χ2n) is 4.31. The number of nitrogens with zero attached hydrogens (tertiary/aromatic N) is 2. The molecule has 8 heteroatoms. The van der Waals surface area contributed by atoms with Gasteiger partial charge in [-0.1, -0.05) is 4.49 Å². The SMILES string of the molecule is Cc1nnsc1C(=O)Nc1ccc2sc(C(=O)O)cc2c1. The molecule has 0 bridgehead atoms. The fourth-order valence-corrected chi connectivity index (χ4v) is 3.29. The number of carboxylic acid groups (broad SMARTS) is 1. The molecule has 0 atom stereocenters. The third-order valence-corrected chi connectivity index (χ3v) is 4.77. The second-order valence-corrected chi connectivity index (χ2v) is 6.15. The number of aryl methyl sites for hydroxylation is 1. The number of fused-ring (bicyclic) bond motifs is 1. The first kappa shape index (κ1) is 13.7. The molecular formula is C13H9N3O3S2. The monoisotopic (exact) mass is 319 g/mol. The molecule has 0 fully saturated rings. The van der Waals surface area contributed by atoms with E-state index in [1.807, 2.05) is 0 Å². The summed E-state index contributed by atoms with van der Waals surface area (Å²) in [5, 5.41) is 16.3. The maximum Gasteiger partial charge on any atom is 0.345 e. The van der Waals surface area contributed by atoms with Gasteiger partial charge in [0.2, 0.25) is 0 Å². The highest BCUT2D eigenvalue weighted by Crippen LogP contribution is 2.28. The van der Waals surface area contributed by atoms with E-state index < -0.39 is 5.97 Å². The fraction of sp³-hybridized carbons (Fsp3) is 0.0769. The number of carbonyl (C=O) groups is 2. The minimum absolute atomic E-state index is 0.268. The lowest BCUT2D eigenvalue weighted by molar-refractivity contribution is 0.0702. The van der Waals surface area contributed by atoms with E-state index in [1.165, 1.54) is 11.3 Å². The maximum absolute atomic E-state index is 12.1. The highest BCUT2D eigenvalue weighted by Gasteiger charge is 2.14. The van der Waals surface area contributed by atoms with E-state index in [9.17, 15) is 9.59 Å². The molecule has 2 aromatic heterocycles. The van der Waals surface area contributed by atoms with Crippen molar-refractivity contribution in [1.29, 1.82) is 0 Å². The van der Waals surface area contributed by atoms with Crippen LogP contribution in [0, 0.1) is 6.92 Å². The molecule has 106 valence electrons. The Kier molecular flexibility index (Phi) is 3.40. The molecule has 0 saturated carbocycles. The largest absolute Gasteiger partial charge is 0.477 e. The first-order chi connectivity index (χ1) is 10.0. The van der Waals surface area contributed by atoms with Gasteiger partial charge in [0.05, 0.1) is 5.69 Å². The Labute approximate surface area is 127 Å². The zero-order valence-corrected chi connectivity index (χ0v) is 12.4. The number of rotatable bonds is 3. The lowest BCUT2D eigenvalue weighted by Crippen LogP contribution is -2.11. The number of anilines is 1. The third kappa shape index (κ3) is 2.63. The van der Waals surface area contributed by atoms with E-state index in [2.05, 4.69) is 14.9 Å². The quantitative estimate of drug-likeness (QED) is 0.774. The molecule has 0 aliphatic heterocycles. The number of thiophene rings is 1. The van der Waals surface area contributed by atoms with Crippen molar-refractivity contribution in [3.8, 4) is 0 Å². The summed E-state index contributed by atoms with van der Waals surface area (Å²) in [5.74, 6) is -1.22. The van der Waals surface area contributed by atoms with Crippen molar-refractivity contribution in [1.82, 2.24) is 9.59 Å². The van der Waals surface area contributed by atoms with Crippen LogP contribution in [0.3, 0.4) is 0 Å². The van der Waals surface area contributed by atoms with Crippen molar-refractivity contribution in [2.45, 2.75) is 6.92 Å². The Hall–Kier alpha value is -2.32. The van der Waals surface area contributed by atoms with Gasteiger partial charge in [-0.05, 0) is 48.1 Å². The number of aromatic nitrogens is 2. The van der Waals surface area contributed by atoms with Crippen LogP contribution in [-0.4, -0.2) is 26.6 Å². The predicted octanol–water partition coefficient (Wildman–Crippen LogP) is 3.01. The van der Waals surface area contributed by atoms with Crippen molar-refractivity contribution in [3.05, 3.63) is 39.7 Å². The van der Waals surface area contributed by atoms with Crippen LogP contribution in [0.4, 0.5) is 5.69 Å². The van der Waals surface area contributed by atoms with Crippen molar-refractivity contribution >= 4 is 50.5 Å². The minimum Gasteiger partial charge on any atom is -0.477 e. The molecule has 2 heterocycles. The van der Waals surface area contributed by atoms with Gasteiger partial charge in [-0.25, -0.2) is 4.79 Å². The molecule has 3 aromatic rings. The van der Waals surface area contributed by atoms with Gasteiger partial charge in [-0.3, -0.25) is 4.79 Å². The summed E-state index contributed by atoms with van der Waals surface area (Å²) in [5.41, 5.74) is 1.19. The maximum atomic E-state index is 12.1. The minimum atomic E-state index is -0.951. The summed E-state index contributed by atoms with van der Waals surface area (Å²) in [6.45, 7) is 1.72. The Bertz CT molecular complexity index is 853. The van der Waals surface area contributed by atoms with E-state index in [0.717, 1.165) is 21.6 Å². The van der Waals surface area contributed by atoms with Crippen LogP contribution < -0.4 is 5.32 Å². The average Bonchev–Trinajstić information content (AvgIpc) is 3.04. The van der Waals surface area contributed by atoms with Crippen molar-refractivity contribution < 1.29 is 14.7 Å². The Balaban J connectivity index is 1.89. The first-order valence-corrected chi connectivity index (χ1v) is 7.51. The Morgan fingerprint density at radius 3 is 2.76 bits per heavy atom. The van der Waals surface area contributed by atoms with Crippen LogP contribution in [0.5, 0.6) is 0 Å². The molecule has 6 nitrogen and oxygen atoms in total. The molecule has 0 unspecified atom stereocenters. The molecule has 0 aliphatic rings. The number of carboxylic acids is 1. The predicted molar refractivity (Wildman–Crippen MR) is 81.4 cm³/mol. The average molecular weight is 319 g/mol. The van der Waals surface area contributed by atoms with E-state index in [-0.39, 0.29) is 10.8 Å². The lowest BCUT2D eigenvalue weighted by atomic mass is 10.2. The van der Waals surface area contributed by atoms with E-state index in [1.54, 1.807) is 31.2 Å². The molecule has 0 radical (unpaired) electrons. The van der Waals surface area contributed by atoms with Gasteiger partial charge in [-0.2, -0.15) is 0 Å². The number of hydrogen-bond acceptors (Lipinski definition) is 6. The molecule has 1 amide bonds. The number of nitrogens with one attached hydrogen (secondary N) is 1. The highest BCUT2D eigenvalue weighted by atomic mass is 32.1. The molecule has 0 saturated heterocycles. The van der Waals surface area contributed by atoms with Gasteiger partial charge in [-0.15, -0.1) is 16.4 Å². The summed E-state index contributed by atoms with van der Waals surface area (Å²) in [7, 11) is 0. The van der Waals surface area contributed by atoms with Crippen LogP contribution in [-0.2, 0) is 0 Å². The van der Waals surface area contributed by atoms with E-state index in [4.69, 9.17) is 5.11 Å². The standard InChI is InChI=1S/C13H9N3O3S2/c1-6-11(21-16-15-6)12(17)14-8-2-3-9-7(4-8)5-10(20-9)13(18)19/h2-5H,1H3,(H,14,17)(H,18,19). The van der Waals surface area contributed by atoms with Crippen molar-refractivity contribution in [2.75, 3.05) is 5.32 Å². The normalized spacial score (nSPS) is 10.7. The zero-order chi connectivity index (χ0) is 15.0. The fourth-order valence-electron chi connectivity index (χ4n) is 1.85. The molecular weight excluding hydrogens is 310 g/mol. The Morgan fingerprint density at radius 2 is 2.10 bits per heavy atom. The van der Waals surface area contributed by atoms with Crippen molar-refractivity contribution in [2.24, 2.45) is 0 Å². The number of hydrogen-bond donors (Lipinski definition) is 2. The number of carbonyl (C=O) groups excluding carboxylic acids is 1. The van der Waals surface area contributed by atoms with Gasteiger partial charge >= 0.3 is 5.97 Å². The number of benzene rings is 1. The summed E-state index contributed by atoms with van der Waals surface area (Å²) in [6, 6.07) is 6.88. The van der Waals surface area contributed by atoms with E-state index in [0.29, 0.717) is 16.3 Å². The van der Waals surface area contributed by atoms with Crippen LogP contribution in [0.2, 0.25) is 0 Å². The zero-order valence-electron chi connectivity index (χ0n) is 10.8. The van der Waals surface area contributed by atoms with Gasteiger partial charge in [0.1, 0.15) is 9.75 Å². The molecule has 2 N–H and O–H groups in total. The third-order valence-electron chi connectivity index (χ3n) is 2.84. The number of amides is 1. The van der Waals surface area contributed by atoms with Gasteiger partial charge < -0.3 is 10.4 Å². The smallest absolute Gasteiger partial charge is 0.345 e. The molecule has 1 aromatic carbocycles. The van der Waals surface area contributed by atoms with Crippen LogP contribution in [0.1, 0.15) is 25.0 Å². The van der Waals surface area contributed by atoms with Gasteiger partial charge in [0.15, 0.2) is 0 Å². The Morgan fingerprint density at radius 1 is 1.29 bits per heavy atom. The van der Waals surface area contributed by atoms with Crippen molar-refractivity contribution in [3.63, 3.8) is 0 Å². The molecule has 0 aliphatic carbocycles. The second kappa shape index (κ2) is 5.23. The van der Waals surface area contributed by atoms with Gasteiger partial charge in [0.25, 0.3) is 5.91 Å². The first-order valence-electron chi connectivity index (χ1n) is 5.92. The molecule has 0 spiro atoms. The summed E-state index contributed by atoms with van der Waals surface area (Å²) >= 11 is 2.24.